The van der Waals surface area contributed by atoms with Crippen LogP contribution in [0.3, 0.4) is 0 Å². The molecule has 25 heavy (non-hydrogen) atoms. The normalized spacial score (nSPS) is 25.5. The van der Waals surface area contributed by atoms with Crippen LogP contribution in [0.4, 0.5) is 14.5 Å². The lowest BCUT2D eigenvalue weighted by Crippen LogP contribution is -2.39. The summed E-state index contributed by atoms with van der Waals surface area (Å²) in [5.41, 5.74) is 1.15. The molecule has 0 radical (unpaired) electrons. The zero-order valence-corrected chi connectivity index (χ0v) is 13.7. The lowest BCUT2D eigenvalue weighted by molar-refractivity contribution is 0.0461. The summed E-state index contributed by atoms with van der Waals surface area (Å²) in [6, 6.07) is 14.1. The minimum absolute atomic E-state index is 0.00100. The number of fused-ring (bicyclic) bond motifs is 1. The Morgan fingerprint density at radius 1 is 1.12 bits per heavy atom. The fourth-order valence-corrected chi connectivity index (χ4v) is 4.22. The molecule has 2 aliphatic rings. The number of benzene rings is 2. The molecule has 5 heteroatoms. The largest absolute Gasteiger partial charge is 0.381 e. The number of anilines is 1. The second-order valence-electron chi connectivity index (χ2n) is 6.66. The predicted octanol–water partition coefficient (Wildman–Crippen LogP) is 3.85. The molecule has 0 saturated carbocycles. The van der Waals surface area contributed by atoms with Crippen molar-refractivity contribution < 1.29 is 13.5 Å². The standard InChI is InChI=1S/C20H18F2N2O/c21-17-8-13(10-23)9-18(22)20(17)24-11-15(14-4-2-1-3-5-14)16-12-25-7-6-19(16)24/h1-5,8-9,15-16,19H,6-7,11-12H2. The van der Waals surface area contributed by atoms with E-state index in [1.807, 2.05) is 23.1 Å². The van der Waals surface area contributed by atoms with Gasteiger partial charge in [0.2, 0.25) is 0 Å². The van der Waals surface area contributed by atoms with Crippen LogP contribution in [0.25, 0.3) is 0 Å². The second kappa shape index (κ2) is 6.45. The molecule has 3 unspecified atom stereocenters. The Labute approximate surface area is 145 Å². The van der Waals surface area contributed by atoms with Crippen LogP contribution < -0.4 is 4.90 Å². The van der Waals surface area contributed by atoms with Gasteiger partial charge in [0.15, 0.2) is 11.6 Å². The van der Waals surface area contributed by atoms with Crippen LogP contribution in [0.5, 0.6) is 0 Å². The van der Waals surface area contributed by atoms with E-state index in [-0.39, 0.29) is 29.1 Å². The van der Waals surface area contributed by atoms with Crippen molar-refractivity contribution in [3.05, 3.63) is 65.2 Å². The van der Waals surface area contributed by atoms with Gasteiger partial charge in [-0.15, -0.1) is 0 Å². The van der Waals surface area contributed by atoms with Gasteiger partial charge in [-0.25, -0.2) is 8.78 Å². The SMILES string of the molecule is N#Cc1cc(F)c(N2CC(c3ccccc3)C3COCCC32)c(F)c1. The zero-order chi connectivity index (χ0) is 17.4. The van der Waals surface area contributed by atoms with Gasteiger partial charge in [-0.3, -0.25) is 0 Å². The molecule has 0 amide bonds. The molecular weight excluding hydrogens is 322 g/mol. The van der Waals surface area contributed by atoms with E-state index >= 15 is 0 Å². The highest BCUT2D eigenvalue weighted by Gasteiger charge is 2.45. The minimum Gasteiger partial charge on any atom is -0.381 e. The van der Waals surface area contributed by atoms with E-state index in [4.69, 9.17) is 10.00 Å². The van der Waals surface area contributed by atoms with Crippen LogP contribution in [0.15, 0.2) is 42.5 Å². The maximum Gasteiger partial charge on any atom is 0.150 e. The van der Waals surface area contributed by atoms with Crippen LogP contribution in [-0.2, 0) is 4.74 Å². The molecule has 2 fully saturated rings. The Morgan fingerprint density at radius 3 is 2.52 bits per heavy atom. The Kier molecular flexibility index (Phi) is 4.14. The molecule has 2 aromatic carbocycles. The number of ether oxygens (including phenoxy) is 1. The number of hydrogen-bond donors (Lipinski definition) is 0. The van der Waals surface area contributed by atoms with Gasteiger partial charge in [0.25, 0.3) is 0 Å². The maximum absolute atomic E-state index is 14.6. The fourth-order valence-electron chi connectivity index (χ4n) is 4.22. The third-order valence-corrected chi connectivity index (χ3v) is 5.33. The summed E-state index contributed by atoms with van der Waals surface area (Å²) in [5, 5.41) is 8.91. The summed E-state index contributed by atoms with van der Waals surface area (Å²) < 4.78 is 34.8. The number of halogens is 2. The Balaban J connectivity index is 1.74. The highest BCUT2D eigenvalue weighted by Crippen LogP contribution is 2.44. The molecule has 4 rings (SSSR count). The molecule has 2 aromatic rings. The summed E-state index contributed by atoms with van der Waals surface area (Å²) in [6.45, 7) is 1.74. The first-order chi connectivity index (χ1) is 12.2. The molecule has 0 N–H and O–H groups in total. The summed E-state index contributed by atoms with van der Waals surface area (Å²) in [5.74, 6) is -0.974. The van der Waals surface area contributed by atoms with Gasteiger partial charge in [0.1, 0.15) is 5.69 Å². The summed E-state index contributed by atoms with van der Waals surface area (Å²) in [6.07, 6.45) is 0.743. The lowest BCUT2D eigenvalue weighted by atomic mass is 9.84. The van der Waals surface area contributed by atoms with Crippen molar-refractivity contribution in [2.24, 2.45) is 5.92 Å². The van der Waals surface area contributed by atoms with Gasteiger partial charge in [0.05, 0.1) is 18.2 Å². The number of nitrogens with zero attached hydrogens (tertiary/aromatic N) is 2. The monoisotopic (exact) mass is 340 g/mol. The van der Waals surface area contributed by atoms with E-state index in [0.717, 1.165) is 18.6 Å². The van der Waals surface area contributed by atoms with Gasteiger partial charge >= 0.3 is 0 Å². The molecule has 2 aliphatic heterocycles. The Hall–Kier alpha value is -2.45. The van der Waals surface area contributed by atoms with Crippen LogP contribution >= 0.6 is 0 Å². The van der Waals surface area contributed by atoms with Crippen molar-refractivity contribution >= 4 is 5.69 Å². The van der Waals surface area contributed by atoms with Gasteiger partial charge in [-0.2, -0.15) is 5.26 Å². The third-order valence-electron chi connectivity index (χ3n) is 5.33. The number of hydrogen-bond acceptors (Lipinski definition) is 3. The first-order valence-corrected chi connectivity index (χ1v) is 8.47. The highest BCUT2D eigenvalue weighted by molar-refractivity contribution is 5.55. The third kappa shape index (κ3) is 2.77. The Morgan fingerprint density at radius 2 is 1.84 bits per heavy atom. The van der Waals surface area contributed by atoms with Crippen LogP contribution in [0.1, 0.15) is 23.5 Å². The van der Waals surface area contributed by atoms with Gasteiger partial charge in [-0.1, -0.05) is 30.3 Å². The molecule has 2 saturated heterocycles. The smallest absolute Gasteiger partial charge is 0.150 e. The van der Waals surface area contributed by atoms with E-state index in [1.54, 1.807) is 6.07 Å². The van der Waals surface area contributed by atoms with Crippen molar-refractivity contribution in [3.8, 4) is 6.07 Å². The molecule has 3 nitrogen and oxygen atoms in total. The quantitative estimate of drug-likeness (QED) is 0.833. The van der Waals surface area contributed by atoms with E-state index in [0.29, 0.717) is 19.8 Å². The molecule has 3 atom stereocenters. The van der Waals surface area contributed by atoms with Gasteiger partial charge in [0, 0.05) is 31.0 Å². The maximum atomic E-state index is 14.6. The van der Waals surface area contributed by atoms with Gasteiger partial charge < -0.3 is 9.64 Å². The van der Waals surface area contributed by atoms with E-state index in [2.05, 4.69) is 12.1 Å². The fraction of sp³-hybridized carbons (Fsp3) is 0.350. The summed E-state index contributed by atoms with van der Waals surface area (Å²) in [4.78, 5) is 1.84. The van der Waals surface area contributed by atoms with Crippen molar-refractivity contribution in [3.63, 3.8) is 0 Å². The number of nitriles is 1. The summed E-state index contributed by atoms with van der Waals surface area (Å²) >= 11 is 0. The molecule has 0 bridgehead atoms. The molecule has 0 aromatic heterocycles. The van der Waals surface area contributed by atoms with Crippen molar-refractivity contribution in [2.75, 3.05) is 24.7 Å². The van der Waals surface area contributed by atoms with Crippen LogP contribution in [-0.4, -0.2) is 25.8 Å². The molecule has 0 aliphatic carbocycles. The first-order valence-electron chi connectivity index (χ1n) is 8.47. The average molecular weight is 340 g/mol. The molecule has 0 spiro atoms. The van der Waals surface area contributed by atoms with Crippen LogP contribution in [0, 0.1) is 28.9 Å². The Bertz CT molecular complexity index is 795. The van der Waals surface area contributed by atoms with E-state index < -0.39 is 11.6 Å². The average Bonchev–Trinajstić information content (AvgIpc) is 3.01. The van der Waals surface area contributed by atoms with E-state index in [1.165, 1.54) is 5.56 Å². The van der Waals surface area contributed by atoms with Crippen molar-refractivity contribution in [1.29, 1.82) is 5.26 Å². The summed E-state index contributed by atoms with van der Waals surface area (Å²) in [7, 11) is 0. The topological polar surface area (TPSA) is 36.3 Å². The molecular formula is C20H18F2N2O. The molecule has 128 valence electrons. The van der Waals surface area contributed by atoms with E-state index in [9.17, 15) is 8.78 Å². The minimum atomic E-state index is -0.671. The number of rotatable bonds is 2. The first kappa shape index (κ1) is 16.0. The lowest BCUT2D eigenvalue weighted by Gasteiger charge is -2.33. The highest BCUT2D eigenvalue weighted by atomic mass is 19.1. The second-order valence-corrected chi connectivity index (χ2v) is 6.66. The van der Waals surface area contributed by atoms with Crippen molar-refractivity contribution in [2.45, 2.75) is 18.4 Å². The van der Waals surface area contributed by atoms with Crippen molar-refractivity contribution in [1.82, 2.24) is 0 Å². The van der Waals surface area contributed by atoms with Gasteiger partial charge in [-0.05, 0) is 24.1 Å². The molecule has 2 heterocycles. The zero-order valence-electron chi connectivity index (χ0n) is 13.7. The van der Waals surface area contributed by atoms with Crippen LogP contribution in [0.2, 0.25) is 0 Å². The predicted molar refractivity (Wildman–Crippen MR) is 90.3 cm³/mol.